The van der Waals surface area contributed by atoms with Crippen LogP contribution in [-0.2, 0) is 11.3 Å². The second-order valence-corrected chi connectivity index (χ2v) is 7.34. The molecule has 1 aliphatic rings. The number of rotatable bonds is 6. The standard InChI is InChI=1S/C22H24N4O2/c1-15(2)28-20-9-4-3-8-18(20)19-12-24-22(25-19)16-11-21(27)26(13-16)14-17-7-5-6-10-23-17/h3-10,12,15-16H,11,13-14H2,1-2H3,(H,24,25)/t16-/m0/s1. The van der Waals surface area contributed by atoms with Crippen molar-refractivity contribution in [3.05, 3.63) is 66.4 Å². The molecule has 1 aromatic carbocycles. The molecule has 0 spiro atoms. The van der Waals surface area contributed by atoms with Crippen molar-refractivity contribution in [1.29, 1.82) is 0 Å². The molecule has 1 N–H and O–H groups in total. The van der Waals surface area contributed by atoms with Gasteiger partial charge in [-0.25, -0.2) is 4.98 Å². The lowest BCUT2D eigenvalue weighted by molar-refractivity contribution is -0.128. The largest absolute Gasteiger partial charge is 0.490 e. The molecule has 4 rings (SSSR count). The van der Waals surface area contributed by atoms with E-state index in [1.54, 1.807) is 6.20 Å². The van der Waals surface area contributed by atoms with E-state index in [9.17, 15) is 4.79 Å². The third-order valence-corrected chi connectivity index (χ3v) is 4.82. The van der Waals surface area contributed by atoms with Crippen molar-refractivity contribution in [2.45, 2.75) is 38.8 Å². The molecule has 144 valence electrons. The number of likely N-dealkylation sites (tertiary alicyclic amines) is 1. The number of para-hydroxylation sites is 1. The summed E-state index contributed by atoms with van der Waals surface area (Å²) in [6, 6.07) is 13.7. The maximum absolute atomic E-state index is 12.5. The maximum atomic E-state index is 12.5. The minimum Gasteiger partial charge on any atom is -0.490 e. The van der Waals surface area contributed by atoms with Crippen LogP contribution in [0.3, 0.4) is 0 Å². The zero-order valence-electron chi connectivity index (χ0n) is 16.1. The molecular formula is C22H24N4O2. The molecule has 1 atom stereocenters. The highest BCUT2D eigenvalue weighted by Gasteiger charge is 2.32. The van der Waals surface area contributed by atoms with E-state index >= 15 is 0 Å². The number of aromatic amines is 1. The number of H-pyrrole nitrogens is 1. The number of amides is 1. The Balaban J connectivity index is 1.50. The molecule has 0 unspecified atom stereocenters. The van der Waals surface area contributed by atoms with Crippen LogP contribution in [0.4, 0.5) is 0 Å². The van der Waals surface area contributed by atoms with Crippen LogP contribution in [0.5, 0.6) is 5.75 Å². The van der Waals surface area contributed by atoms with Gasteiger partial charge in [-0.2, -0.15) is 0 Å². The molecule has 3 heterocycles. The van der Waals surface area contributed by atoms with Gasteiger partial charge in [-0.3, -0.25) is 9.78 Å². The molecular weight excluding hydrogens is 352 g/mol. The number of carbonyl (C=O) groups is 1. The van der Waals surface area contributed by atoms with E-state index in [1.165, 1.54) is 0 Å². The highest BCUT2D eigenvalue weighted by molar-refractivity contribution is 5.79. The molecule has 2 aromatic heterocycles. The highest BCUT2D eigenvalue weighted by Crippen LogP contribution is 2.32. The average molecular weight is 376 g/mol. The molecule has 1 aliphatic heterocycles. The molecule has 1 fully saturated rings. The molecule has 28 heavy (non-hydrogen) atoms. The number of hydrogen-bond donors (Lipinski definition) is 1. The summed E-state index contributed by atoms with van der Waals surface area (Å²) in [5, 5.41) is 0. The van der Waals surface area contributed by atoms with E-state index in [-0.39, 0.29) is 17.9 Å². The zero-order chi connectivity index (χ0) is 19.5. The molecule has 6 heteroatoms. The van der Waals surface area contributed by atoms with Crippen LogP contribution >= 0.6 is 0 Å². The minimum atomic E-state index is 0.0585. The van der Waals surface area contributed by atoms with Crippen LogP contribution in [0, 0.1) is 0 Å². The first kappa shape index (κ1) is 18.2. The summed E-state index contributed by atoms with van der Waals surface area (Å²) in [6.45, 7) is 5.20. The minimum absolute atomic E-state index is 0.0585. The van der Waals surface area contributed by atoms with Crippen molar-refractivity contribution in [2.75, 3.05) is 6.54 Å². The van der Waals surface area contributed by atoms with Gasteiger partial charge in [0.1, 0.15) is 11.6 Å². The number of hydrogen-bond acceptors (Lipinski definition) is 4. The summed E-state index contributed by atoms with van der Waals surface area (Å²) in [5.41, 5.74) is 2.78. The number of pyridine rings is 1. The molecule has 1 saturated heterocycles. The number of aromatic nitrogens is 3. The topological polar surface area (TPSA) is 71.1 Å². The second-order valence-electron chi connectivity index (χ2n) is 7.34. The Morgan fingerprint density at radius 1 is 1.18 bits per heavy atom. The van der Waals surface area contributed by atoms with Crippen molar-refractivity contribution in [1.82, 2.24) is 19.9 Å². The van der Waals surface area contributed by atoms with E-state index in [1.807, 2.05) is 67.4 Å². The van der Waals surface area contributed by atoms with Crippen LogP contribution in [-0.4, -0.2) is 38.4 Å². The second kappa shape index (κ2) is 7.84. The van der Waals surface area contributed by atoms with Gasteiger partial charge in [0.2, 0.25) is 5.91 Å². The number of nitrogens with zero attached hydrogens (tertiary/aromatic N) is 3. The number of benzene rings is 1. The van der Waals surface area contributed by atoms with E-state index < -0.39 is 0 Å². The molecule has 0 aliphatic carbocycles. The fourth-order valence-corrected chi connectivity index (χ4v) is 3.52. The normalized spacial score (nSPS) is 16.8. The third kappa shape index (κ3) is 3.91. The maximum Gasteiger partial charge on any atom is 0.223 e. The smallest absolute Gasteiger partial charge is 0.223 e. The van der Waals surface area contributed by atoms with Crippen molar-refractivity contribution >= 4 is 5.91 Å². The molecule has 6 nitrogen and oxygen atoms in total. The van der Waals surface area contributed by atoms with Crippen molar-refractivity contribution in [3.63, 3.8) is 0 Å². The van der Waals surface area contributed by atoms with Gasteiger partial charge < -0.3 is 14.6 Å². The van der Waals surface area contributed by atoms with Gasteiger partial charge in [-0.05, 0) is 38.1 Å². The van der Waals surface area contributed by atoms with Crippen LogP contribution in [0.15, 0.2) is 54.9 Å². The van der Waals surface area contributed by atoms with Gasteiger partial charge in [-0.1, -0.05) is 18.2 Å². The van der Waals surface area contributed by atoms with Crippen molar-refractivity contribution in [2.24, 2.45) is 0 Å². The van der Waals surface area contributed by atoms with E-state index in [0.29, 0.717) is 19.5 Å². The Hall–Kier alpha value is -3.15. The van der Waals surface area contributed by atoms with Crippen LogP contribution in [0.25, 0.3) is 11.3 Å². The molecule has 1 amide bonds. The summed E-state index contributed by atoms with van der Waals surface area (Å²) >= 11 is 0. The Morgan fingerprint density at radius 2 is 2.00 bits per heavy atom. The van der Waals surface area contributed by atoms with Gasteiger partial charge >= 0.3 is 0 Å². The summed E-state index contributed by atoms with van der Waals surface area (Å²) in [7, 11) is 0. The first-order valence-electron chi connectivity index (χ1n) is 9.59. The Labute approximate surface area is 164 Å². The number of nitrogens with one attached hydrogen (secondary N) is 1. The number of carbonyl (C=O) groups excluding carboxylic acids is 1. The summed E-state index contributed by atoms with van der Waals surface area (Å²) < 4.78 is 5.92. The predicted octanol–water partition coefficient (Wildman–Crippen LogP) is 3.78. The van der Waals surface area contributed by atoms with E-state index in [2.05, 4.69) is 15.0 Å². The van der Waals surface area contributed by atoms with Gasteiger partial charge in [0, 0.05) is 30.6 Å². The molecule has 0 radical (unpaired) electrons. The fourth-order valence-electron chi connectivity index (χ4n) is 3.52. The Morgan fingerprint density at radius 3 is 2.79 bits per heavy atom. The monoisotopic (exact) mass is 376 g/mol. The molecule has 0 bridgehead atoms. The van der Waals surface area contributed by atoms with Crippen molar-refractivity contribution < 1.29 is 9.53 Å². The first-order valence-corrected chi connectivity index (χ1v) is 9.59. The lowest BCUT2D eigenvalue weighted by Crippen LogP contribution is -2.24. The quantitative estimate of drug-likeness (QED) is 0.711. The first-order chi connectivity index (χ1) is 13.6. The van der Waals surface area contributed by atoms with Crippen LogP contribution in [0.1, 0.15) is 37.7 Å². The lowest BCUT2D eigenvalue weighted by Gasteiger charge is -2.15. The highest BCUT2D eigenvalue weighted by atomic mass is 16.5. The third-order valence-electron chi connectivity index (χ3n) is 4.82. The summed E-state index contributed by atoms with van der Waals surface area (Å²) in [6.07, 6.45) is 4.13. The van der Waals surface area contributed by atoms with Gasteiger partial charge in [0.25, 0.3) is 0 Å². The fraction of sp³-hybridized carbons (Fsp3) is 0.318. The Kier molecular flexibility index (Phi) is 5.10. The van der Waals surface area contributed by atoms with Gasteiger partial charge in [0.05, 0.1) is 30.2 Å². The predicted molar refractivity (Wildman–Crippen MR) is 107 cm³/mol. The number of ether oxygens (including phenoxy) is 1. The van der Waals surface area contributed by atoms with Crippen molar-refractivity contribution in [3.8, 4) is 17.0 Å². The van der Waals surface area contributed by atoms with Gasteiger partial charge in [-0.15, -0.1) is 0 Å². The summed E-state index contributed by atoms with van der Waals surface area (Å²) in [4.78, 5) is 26.6. The van der Waals surface area contributed by atoms with Crippen LogP contribution in [0.2, 0.25) is 0 Å². The molecule has 0 saturated carbocycles. The summed E-state index contributed by atoms with van der Waals surface area (Å²) in [5.74, 6) is 1.86. The van der Waals surface area contributed by atoms with Crippen LogP contribution < -0.4 is 4.74 Å². The van der Waals surface area contributed by atoms with E-state index in [4.69, 9.17) is 4.74 Å². The SMILES string of the molecule is CC(C)Oc1ccccc1-c1cnc([C@H]2CC(=O)N(Cc3ccccn3)C2)[nH]1. The van der Waals surface area contributed by atoms with Gasteiger partial charge in [0.15, 0.2) is 0 Å². The molecule has 3 aromatic rings. The van der Waals surface area contributed by atoms with E-state index in [0.717, 1.165) is 28.5 Å². The number of imidazole rings is 1. The lowest BCUT2D eigenvalue weighted by atomic mass is 10.1. The zero-order valence-corrected chi connectivity index (χ0v) is 16.1. The Bertz CT molecular complexity index is 952. The average Bonchev–Trinajstić information content (AvgIpc) is 3.30.